The van der Waals surface area contributed by atoms with Crippen LogP contribution in [0.5, 0.6) is 5.88 Å². The van der Waals surface area contributed by atoms with Crippen molar-refractivity contribution in [3.63, 3.8) is 0 Å². The molecule has 0 aliphatic carbocycles. The summed E-state index contributed by atoms with van der Waals surface area (Å²) in [6.07, 6.45) is 1.79. The number of pyridine rings is 1. The summed E-state index contributed by atoms with van der Waals surface area (Å²) in [5, 5.41) is 2.94. The zero-order chi connectivity index (χ0) is 18.8. The Hall–Kier alpha value is -3.47. The number of hydrogen-bond acceptors (Lipinski definition) is 4. The highest BCUT2D eigenvalue weighted by Gasteiger charge is 2.19. The van der Waals surface area contributed by atoms with Crippen LogP contribution in [-0.2, 0) is 4.79 Å². The van der Waals surface area contributed by atoms with Crippen LogP contribution in [0, 0.1) is 6.92 Å². The number of rotatable bonds is 3. The molecular weight excluding hydrogens is 338 g/mol. The van der Waals surface area contributed by atoms with Gasteiger partial charge in [0.15, 0.2) is 0 Å². The number of nitrogens with zero attached hydrogens (tertiary/aromatic N) is 2. The summed E-state index contributed by atoms with van der Waals surface area (Å²) in [5.74, 6) is 0.504. The number of ether oxygens (including phenoxy) is 1. The number of nitrogens with one attached hydrogen (secondary N) is 1. The molecule has 0 atom stereocenters. The zero-order valence-corrected chi connectivity index (χ0v) is 15.2. The molecule has 0 radical (unpaired) electrons. The molecule has 0 bridgehead atoms. The first-order valence-electron chi connectivity index (χ1n) is 8.71. The van der Waals surface area contributed by atoms with Gasteiger partial charge in [-0.2, -0.15) is 0 Å². The van der Waals surface area contributed by atoms with E-state index in [1.165, 1.54) is 0 Å². The lowest BCUT2D eigenvalue weighted by Gasteiger charge is -2.13. The van der Waals surface area contributed by atoms with Crippen LogP contribution in [-0.4, -0.2) is 30.3 Å². The number of amides is 1. The SMILES string of the molecule is COc1ncc(-c2ccc3c(c2)C(c2ccccc2)=NCC(=O)N3)cc1C. The first-order valence-corrected chi connectivity index (χ1v) is 8.71. The number of aromatic nitrogens is 1. The number of aryl methyl sites for hydroxylation is 1. The molecule has 4 rings (SSSR count). The van der Waals surface area contributed by atoms with E-state index in [1.54, 1.807) is 13.3 Å². The molecule has 2 aromatic carbocycles. The fraction of sp³-hybridized carbons (Fsp3) is 0.136. The quantitative estimate of drug-likeness (QED) is 0.774. The fourth-order valence-electron chi connectivity index (χ4n) is 3.23. The van der Waals surface area contributed by atoms with Gasteiger partial charge in [-0.3, -0.25) is 9.79 Å². The van der Waals surface area contributed by atoms with E-state index in [0.29, 0.717) is 5.88 Å². The first-order chi connectivity index (χ1) is 13.2. The molecular formula is C22H19N3O2. The van der Waals surface area contributed by atoms with E-state index < -0.39 is 0 Å². The number of carbonyl (C=O) groups is 1. The van der Waals surface area contributed by atoms with E-state index in [1.807, 2.05) is 55.5 Å². The summed E-state index contributed by atoms with van der Waals surface area (Å²) in [4.78, 5) is 21.0. The van der Waals surface area contributed by atoms with Crippen LogP contribution in [0.4, 0.5) is 5.69 Å². The Bertz CT molecular complexity index is 1040. The van der Waals surface area contributed by atoms with Gasteiger partial charge >= 0.3 is 0 Å². The van der Waals surface area contributed by atoms with Crippen molar-refractivity contribution >= 4 is 17.3 Å². The summed E-state index contributed by atoms with van der Waals surface area (Å²) in [6.45, 7) is 2.08. The molecule has 0 unspecified atom stereocenters. The third-order valence-corrected chi connectivity index (χ3v) is 4.53. The van der Waals surface area contributed by atoms with Crippen LogP contribution in [0.2, 0.25) is 0 Å². The lowest BCUT2D eigenvalue weighted by molar-refractivity contribution is -0.114. The van der Waals surface area contributed by atoms with Gasteiger partial charge in [-0.25, -0.2) is 4.98 Å². The second-order valence-corrected chi connectivity index (χ2v) is 6.39. The minimum Gasteiger partial charge on any atom is -0.481 e. The Balaban J connectivity index is 1.85. The molecule has 0 fully saturated rings. The number of anilines is 1. The number of benzene rings is 2. The molecule has 2 heterocycles. The van der Waals surface area contributed by atoms with Crippen LogP contribution < -0.4 is 10.1 Å². The topological polar surface area (TPSA) is 63.6 Å². The largest absolute Gasteiger partial charge is 0.481 e. The van der Waals surface area contributed by atoms with Gasteiger partial charge in [0.05, 0.1) is 18.5 Å². The Morgan fingerprint density at radius 3 is 2.56 bits per heavy atom. The van der Waals surface area contributed by atoms with E-state index in [4.69, 9.17) is 4.74 Å². The molecule has 27 heavy (non-hydrogen) atoms. The third kappa shape index (κ3) is 3.31. The maximum atomic E-state index is 12.1. The number of aliphatic imine (C=N–C) groups is 1. The number of hydrogen-bond donors (Lipinski definition) is 1. The van der Waals surface area contributed by atoms with Crippen molar-refractivity contribution in [2.24, 2.45) is 4.99 Å². The molecule has 134 valence electrons. The van der Waals surface area contributed by atoms with Crippen LogP contribution in [0.1, 0.15) is 16.7 Å². The molecule has 3 aromatic rings. The molecule has 0 spiro atoms. The molecule has 1 aromatic heterocycles. The van der Waals surface area contributed by atoms with Gasteiger partial charge < -0.3 is 10.1 Å². The molecule has 1 N–H and O–H groups in total. The Morgan fingerprint density at radius 1 is 1.00 bits per heavy atom. The van der Waals surface area contributed by atoms with Gasteiger partial charge in [0.25, 0.3) is 0 Å². The predicted molar refractivity (Wildman–Crippen MR) is 107 cm³/mol. The van der Waals surface area contributed by atoms with E-state index in [9.17, 15) is 4.79 Å². The maximum absolute atomic E-state index is 12.1. The minimum absolute atomic E-state index is 0.109. The Labute approximate surface area is 157 Å². The predicted octanol–water partition coefficient (Wildman–Crippen LogP) is 3.86. The standard InChI is InChI=1S/C22H19N3O2/c1-14-10-17(12-24-22(14)27-2)16-8-9-19-18(11-16)21(23-13-20(26)25-19)15-6-4-3-5-7-15/h3-12H,13H2,1-2H3,(H,25,26). The molecule has 1 aliphatic rings. The summed E-state index contributed by atoms with van der Waals surface area (Å²) >= 11 is 0. The second-order valence-electron chi connectivity index (χ2n) is 6.39. The average molecular weight is 357 g/mol. The van der Waals surface area contributed by atoms with Crippen molar-refractivity contribution in [2.75, 3.05) is 19.0 Å². The van der Waals surface area contributed by atoms with Gasteiger partial charge in [0.2, 0.25) is 11.8 Å². The summed E-state index contributed by atoms with van der Waals surface area (Å²) in [5.41, 5.74) is 6.42. The van der Waals surface area contributed by atoms with Crippen LogP contribution in [0.15, 0.2) is 65.8 Å². The lowest BCUT2D eigenvalue weighted by atomic mass is 9.96. The summed E-state index contributed by atoms with van der Waals surface area (Å²) in [6, 6.07) is 17.9. The second kappa shape index (κ2) is 7.03. The van der Waals surface area contributed by atoms with Gasteiger partial charge in [-0.1, -0.05) is 36.4 Å². The number of carbonyl (C=O) groups excluding carboxylic acids is 1. The van der Waals surface area contributed by atoms with Crippen molar-refractivity contribution in [1.82, 2.24) is 4.98 Å². The molecule has 0 saturated heterocycles. The zero-order valence-electron chi connectivity index (χ0n) is 15.2. The van der Waals surface area contributed by atoms with Crippen molar-refractivity contribution in [3.05, 3.63) is 77.5 Å². The Kier molecular flexibility index (Phi) is 4.42. The molecule has 0 saturated carbocycles. The summed E-state index contributed by atoms with van der Waals surface area (Å²) in [7, 11) is 1.61. The van der Waals surface area contributed by atoms with E-state index in [-0.39, 0.29) is 12.5 Å². The normalized spacial score (nSPS) is 13.3. The van der Waals surface area contributed by atoms with Gasteiger partial charge in [0, 0.05) is 28.5 Å². The molecule has 1 aliphatic heterocycles. The number of benzodiazepines with no additional fused rings is 1. The highest BCUT2D eigenvalue weighted by Crippen LogP contribution is 2.30. The first kappa shape index (κ1) is 17.0. The van der Waals surface area contributed by atoms with Crippen LogP contribution in [0.25, 0.3) is 11.1 Å². The third-order valence-electron chi connectivity index (χ3n) is 4.53. The van der Waals surface area contributed by atoms with Crippen LogP contribution >= 0.6 is 0 Å². The van der Waals surface area contributed by atoms with E-state index in [0.717, 1.165) is 39.2 Å². The monoisotopic (exact) mass is 357 g/mol. The smallest absolute Gasteiger partial charge is 0.246 e. The average Bonchev–Trinajstić information content (AvgIpc) is 2.86. The summed E-state index contributed by atoms with van der Waals surface area (Å²) < 4.78 is 5.25. The van der Waals surface area contributed by atoms with Crippen molar-refractivity contribution in [2.45, 2.75) is 6.92 Å². The molecule has 5 nitrogen and oxygen atoms in total. The molecule has 5 heteroatoms. The lowest BCUT2D eigenvalue weighted by Crippen LogP contribution is -2.13. The van der Waals surface area contributed by atoms with E-state index >= 15 is 0 Å². The number of fused-ring (bicyclic) bond motifs is 1. The van der Waals surface area contributed by atoms with E-state index in [2.05, 4.69) is 21.4 Å². The number of methoxy groups -OCH3 is 1. The molecule has 1 amide bonds. The van der Waals surface area contributed by atoms with Crippen molar-refractivity contribution in [3.8, 4) is 17.0 Å². The fourth-order valence-corrected chi connectivity index (χ4v) is 3.23. The van der Waals surface area contributed by atoms with Crippen LogP contribution in [0.3, 0.4) is 0 Å². The Morgan fingerprint density at radius 2 is 1.81 bits per heavy atom. The maximum Gasteiger partial charge on any atom is 0.246 e. The highest BCUT2D eigenvalue weighted by atomic mass is 16.5. The van der Waals surface area contributed by atoms with Crippen molar-refractivity contribution in [1.29, 1.82) is 0 Å². The van der Waals surface area contributed by atoms with Gasteiger partial charge in [0.1, 0.15) is 6.54 Å². The van der Waals surface area contributed by atoms with Gasteiger partial charge in [-0.15, -0.1) is 0 Å². The highest BCUT2D eigenvalue weighted by molar-refractivity contribution is 6.19. The van der Waals surface area contributed by atoms with Gasteiger partial charge in [-0.05, 0) is 30.7 Å². The minimum atomic E-state index is -0.114. The van der Waals surface area contributed by atoms with Crippen molar-refractivity contribution < 1.29 is 9.53 Å².